The third-order valence-corrected chi connectivity index (χ3v) is 2.65. The fraction of sp³-hybridized carbons (Fsp3) is 0.625. The standard InChI is InChI=1S/C8H10NO2.U.V.W/c1-9-5-2-3-6(8(10)11)7(9)4-5;;;/h5,7H,2,4H2,1H3,(H,10,11);;;/q-1;;;. The Balaban J connectivity index is 0. The summed E-state index contributed by atoms with van der Waals surface area (Å²) in [5, 5.41) is 8.72. The molecule has 75 valence electrons. The molecule has 0 amide bonds. The largest absolute Gasteiger partial charge is 0.562 e. The molecule has 3 rings (SSSR count). The van der Waals surface area contributed by atoms with Gasteiger partial charge in [-0.05, 0) is 19.5 Å². The van der Waals surface area contributed by atoms with Crippen LogP contribution in [0.15, 0.2) is 5.57 Å². The Bertz CT molecular complexity index is 249. The molecule has 6 heteroatoms. The summed E-state index contributed by atoms with van der Waals surface area (Å²) < 4.78 is 0. The van der Waals surface area contributed by atoms with Crippen LogP contribution in [0.4, 0.5) is 0 Å². The van der Waals surface area contributed by atoms with Crippen molar-refractivity contribution in [3.63, 3.8) is 0 Å². The number of likely N-dealkylation sites (N-methyl/N-ethyl adjacent to an activating group) is 1. The van der Waals surface area contributed by atoms with E-state index in [4.69, 9.17) is 5.11 Å². The van der Waals surface area contributed by atoms with Gasteiger partial charge in [0.2, 0.25) is 0 Å². The zero-order valence-corrected chi connectivity index (χ0v) is 16.2. The van der Waals surface area contributed by atoms with E-state index in [1.807, 2.05) is 7.05 Å². The average molecular weight is 625 g/mol. The SMILES string of the molecule is CN1C2C[C-]=C(C(=O)O)C1C2.[U].[V].[W]. The second-order valence-electron chi connectivity index (χ2n) is 3.17. The maximum Gasteiger partial charge on any atom is 0.170 e. The number of carboxylic acid groups (broad SMARTS) is 1. The van der Waals surface area contributed by atoms with Crippen molar-refractivity contribution < 1.29 is 80.6 Å². The summed E-state index contributed by atoms with van der Waals surface area (Å²) in [6, 6.07) is 0.703. The van der Waals surface area contributed by atoms with Gasteiger partial charge in [0, 0.05) is 76.8 Å². The van der Waals surface area contributed by atoms with Crippen LogP contribution in [0.25, 0.3) is 0 Å². The van der Waals surface area contributed by atoms with Crippen LogP contribution in [-0.2, 0) is 44.4 Å². The summed E-state index contributed by atoms with van der Waals surface area (Å²) in [5.41, 5.74) is 0.468. The molecular weight excluding hydrogens is 615 g/mol. The number of nitrogens with zero attached hydrogens (tertiary/aromatic N) is 1. The Morgan fingerprint density at radius 3 is 2.50 bits per heavy atom. The molecule has 1 radical (unpaired) electrons. The minimum Gasteiger partial charge on any atom is -0.562 e. The average Bonchev–Trinajstić information content (AvgIpc) is 2.03. The van der Waals surface area contributed by atoms with E-state index in [0.717, 1.165) is 12.8 Å². The minimum atomic E-state index is -0.806. The molecule has 0 aromatic carbocycles. The van der Waals surface area contributed by atoms with E-state index >= 15 is 0 Å². The maximum absolute atomic E-state index is 10.6. The van der Waals surface area contributed by atoms with Gasteiger partial charge in [0.25, 0.3) is 0 Å². The number of rotatable bonds is 1. The Kier molecular flexibility index (Phi) is 8.87. The molecule has 14 heavy (non-hydrogen) atoms. The number of hydrogen-bond acceptors (Lipinski definition) is 2. The summed E-state index contributed by atoms with van der Waals surface area (Å²) >= 11 is 0. The molecule has 2 bridgehead atoms. The van der Waals surface area contributed by atoms with Crippen molar-refractivity contribution in [2.24, 2.45) is 0 Å². The van der Waals surface area contributed by atoms with E-state index in [2.05, 4.69) is 11.0 Å². The van der Waals surface area contributed by atoms with Gasteiger partial charge in [-0.2, -0.15) is 0 Å². The molecule has 0 aromatic heterocycles. The molecule has 0 spiro atoms. The van der Waals surface area contributed by atoms with E-state index in [9.17, 15) is 4.79 Å². The van der Waals surface area contributed by atoms with E-state index in [-0.39, 0.29) is 76.8 Å². The molecule has 1 saturated heterocycles. The van der Waals surface area contributed by atoms with Crippen molar-refractivity contribution in [1.82, 2.24) is 4.90 Å². The van der Waals surface area contributed by atoms with E-state index in [1.54, 1.807) is 0 Å². The first-order valence-corrected chi connectivity index (χ1v) is 3.76. The van der Waals surface area contributed by atoms with Gasteiger partial charge in [0.1, 0.15) is 0 Å². The molecule has 0 aromatic rings. The van der Waals surface area contributed by atoms with Crippen LogP contribution in [-0.4, -0.2) is 35.1 Å². The fourth-order valence-electron chi connectivity index (χ4n) is 1.82. The summed E-state index contributed by atoms with van der Waals surface area (Å²) in [7, 11) is 1.97. The van der Waals surface area contributed by atoms with Gasteiger partial charge >= 0.3 is 0 Å². The van der Waals surface area contributed by atoms with E-state index in [1.165, 1.54) is 0 Å². The zero-order valence-electron chi connectivity index (χ0n) is 7.73. The summed E-state index contributed by atoms with van der Waals surface area (Å²) in [6.45, 7) is 0. The Morgan fingerprint density at radius 2 is 2.21 bits per heavy atom. The van der Waals surface area contributed by atoms with Crippen molar-refractivity contribution in [3.8, 4) is 0 Å². The maximum atomic E-state index is 10.6. The molecule has 0 saturated carbocycles. The fourth-order valence-corrected chi connectivity index (χ4v) is 1.82. The van der Waals surface area contributed by atoms with Gasteiger partial charge in [0.05, 0.1) is 0 Å². The topological polar surface area (TPSA) is 40.5 Å². The number of hydrogen-bond donors (Lipinski definition) is 1. The second kappa shape index (κ2) is 6.95. The van der Waals surface area contributed by atoms with Crippen LogP contribution in [0.5, 0.6) is 0 Å². The predicted molar refractivity (Wildman–Crippen MR) is 39.0 cm³/mol. The molecule has 2 aliphatic heterocycles. The number of fused-ring (bicyclic) bond motifs is 1. The molecule has 1 aliphatic carbocycles. The third-order valence-electron chi connectivity index (χ3n) is 2.65. The van der Waals surface area contributed by atoms with Gasteiger partial charge in [-0.1, -0.05) is 6.42 Å². The second-order valence-corrected chi connectivity index (χ2v) is 3.17. The predicted octanol–water partition coefficient (Wildman–Crippen LogP) is 0.272. The number of aliphatic carboxylic acids is 1. The Morgan fingerprint density at radius 1 is 1.64 bits per heavy atom. The first-order valence-electron chi connectivity index (χ1n) is 3.76. The molecule has 3 aliphatic rings. The monoisotopic (exact) mass is 625 g/mol. The first-order chi connectivity index (χ1) is 5.20. The van der Waals surface area contributed by atoms with Gasteiger partial charge in [-0.15, -0.1) is 5.57 Å². The smallest absolute Gasteiger partial charge is 0.170 e. The number of carbonyl (C=O) groups is 1. The normalized spacial score (nSPS) is 28.2. The Labute approximate surface area is 134 Å². The quantitative estimate of drug-likeness (QED) is 0.427. The zero-order chi connectivity index (χ0) is 8.01. The van der Waals surface area contributed by atoms with E-state index < -0.39 is 5.97 Å². The van der Waals surface area contributed by atoms with Crippen LogP contribution in [0.1, 0.15) is 12.8 Å². The molecule has 2 unspecified atom stereocenters. The molecular formula is C8H10NO2UVW-. The molecule has 1 N–H and O–H groups in total. The van der Waals surface area contributed by atoms with Crippen LogP contribution in [0, 0.1) is 37.2 Å². The minimum absolute atomic E-state index is 0. The summed E-state index contributed by atoms with van der Waals surface area (Å²) in [6.07, 6.45) is 4.72. The van der Waals surface area contributed by atoms with E-state index in [0.29, 0.717) is 11.6 Å². The third kappa shape index (κ3) is 3.00. The molecule has 3 nitrogen and oxygen atoms in total. The number of carboxylic acids is 1. The first kappa shape index (κ1) is 17.9. The summed E-state index contributed by atoms with van der Waals surface area (Å²) in [5.74, 6) is -0.806. The van der Waals surface area contributed by atoms with Crippen LogP contribution in [0.2, 0.25) is 0 Å². The van der Waals surface area contributed by atoms with Crippen molar-refractivity contribution in [1.29, 1.82) is 0 Å². The molecule has 2 atom stereocenters. The van der Waals surface area contributed by atoms with Crippen LogP contribution < -0.4 is 0 Å². The van der Waals surface area contributed by atoms with Crippen molar-refractivity contribution >= 4 is 5.97 Å². The van der Waals surface area contributed by atoms with Crippen molar-refractivity contribution in [2.75, 3.05) is 7.05 Å². The van der Waals surface area contributed by atoms with Gasteiger partial charge in [0.15, 0.2) is 5.97 Å². The van der Waals surface area contributed by atoms with Crippen molar-refractivity contribution in [2.45, 2.75) is 24.9 Å². The van der Waals surface area contributed by atoms with Gasteiger partial charge < -0.3 is 14.8 Å². The van der Waals surface area contributed by atoms with Crippen LogP contribution >= 0.6 is 0 Å². The molecule has 1 fully saturated rings. The van der Waals surface area contributed by atoms with Crippen LogP contribution in [0.3, 0.4) is 0 Å². The van der Waals surface area contributed by atoms with Crippen molar-refractivity contribution in [3.05, 3.63) is 11.6 Å². The van der Waals surface area contributed by atoms with Gasteiger partial charge in [-0.25, -0.2) is 0 Å². The van der Waals surface area contributed by atoms with Gasteiger partial charge in [-0.3, -0.25) is 6.08 Å². The molecule has 2 heterocycles. The summed E-state index contributed by atoms with van der Waals surface area (Å²) in [4.78, 5) is 12.7. The Hall–Kier alpha value is 1.49.